The zero-order valence-electron chi connectivity index (χ0n) is 14.9. The van der Waals surface area contributed by atoms with Gasteiger partial charge in [0.2, 0.25) is 0 Å². The number of ether oxygens (including phenoxy) is 2. The first kappa shape index (κ1) is 18.6. The van der Waals surface area contributed by atoms with E-state index in [2.05, 4.69) is 12.2 Å². The van der Waals surface area contributed by atoms with Gasteiger partial charge in [0.05, 0.1) is 13.7 Å². The number of methoxy groups -OCH3 is 1. The Kier molecular flexibility index (Phi) is 7.89. The molecular weight excluding hydrogens is 304 g/mol. The Morgan fingerprint density at radius 1 is 1.42 bits per heavy atom. The number of carbonyl (C=O) groups excluding carboxylic acids is 1. The maximum absolute atomic E-state index is 12.5. The lowest BCUT2D eigenvalue weighted by Crippen LogP contribution is -2.41. The summed E-state index contributed by atoms with van der Waals surface area (Å²) in [5.74, 6) is 1.40. The number of urea groups is 1. The molecule has 134 valence electrons. The van der Waals surface area contributed by atoms with Crippen molar-refractivity contribution in [1.82, 2.24) is 10.2 Å². The van der Waals surface area contributed by atoms with Gasteiger partial charge in [0.15, 0.2) is 0 Å². The minimum atomic E-state index is -0.000478. The third kappa shape index (κ3) is 5.71. The summed E-state index contributed by atoms with van der Waals surface area (Å²) >= 11 is 0. The van der Waals surface area contributed by atoms with Crippen molar-refractivity contribution in [1.29, 1.82) is 0 Å². The Morgan fingerprint density at radius 2 is 2.25 bits per heavy atom. The zero-order chi connectivity index (χ0) is 17.2. The number of nitrogens with zero attached hydrogens (tertiary/aromatic N) is 1. The summed E-state index contributed by atoms with van der Waals surface area (Å²) in [4.78, 5) is 14.4. The van der Waals surface area contributed by atoms with Gasteiger partial charge in [-0.2, -0.15) is 0 Å². The highest BCUT2D eigenvalue weighted by molar-refractivity contribution is 5.74. The summed E-state index contributed by atoms with van der Waals surface area (Å²) in [6.45, 7) is 5.80. The second-order valence-electron chi connectivity index (χ2n) is 6.34. The molecule has 0 spiro atoms. The van der Waals surface area contributed by atoms with E-state index in [-0.39, 0.29) is 6.03 Å². The summed E-state index contributed by atoms with van der Waals surface area (Å²) in [6.07, 6.45) is 4.25. The molecule has 0 aliphatic carbocycles. The summed E-state index contributed by atoms with van der Waals surface area (Å²) in [5, 5.41) is 3.06. The Bertz CT molecular complexity index is 501. The largest absolute Gasteiger partial charge is 0.496 e. The van der Waals surface area contributed by atoms with Crippen molar-refractivity contribution in [3.05, 3.63) is 29.8 Å². The van der Waals surface area contributed by atoms with Crippen LogP contribution in [-0.4, -0.2) is 44.3 Å². The number of para-hydroxylation sites is 1. The second-order valence-corrected chi connectivity index (χ2v) is 6.34. The minimum absolute atomic E-state index is 0.000478. The second kappa shape index (κ2) is 10.2. The topological polar surface area (TPSA) is 50.8 Å². The van der Waals surface area contributed by atoms with Crippen molar-refractivity contribution in [3.63, 3.8) is 0 Å². The standard InChI is InChI=1S/C19H30N2O3/c1-3-12-21(14-17-8-4-5-9-18(17)23-2)19(22)20-11-10-16-7-6-13-24-15-16/h4-5,8-9,16H,3,6-7,10-15H2,1-2H3,(H,20,22)/t16-/m1/s1. The molecular formula is C19H30N2O3. The van der Waals surface area contributed by atoms with Gasteiger partial charge in [-0.25, -0.2) is 4.79 Å². The van der Waals surface area contributed by atoms with E-state index in [0.717, 1.165) is 50.3 Å². The highest BCUT2D eigenvalue weighted by Gasteiger charge is 2.17. The fraction of sp³-hybridized carbons (Fsp3) is 0.632. The molecule has 24 heavy (non-hydrogen) atoms. The summed E-state index contributed by atoms with van der Waals surface area (Å²) in [6, 6.07) is 7.86. The van der Waals surface area contributed by atoms with E-state index in [1.54, 1.807) is 7.11 Å². The molecule has 1 heterocycles. The highest BCUT2D eigenvalue weighted by Crippen LogP contribution is 2.20. The van der Waals surface area contributed by atoms with Crippen molar-refractivity contribution in [2.75, 3.05) is 33.4 Å². The molecule has 1 saturated heterocycles. The van der Waals surface area contributed by atoms with Crippen LogP contribution in [0.5, 0.6) is 5.75 Å². The van der Waals surface area contributed by atoms with Gasteiger partial charge in [-0.1, -0.05) is 25.1 Å². The summed E-state index contributed by atoms with van der Waals surface area (Å²) in [7, 11) is 1.66. The molecule has 1 aliphatic rings. The van der Waals surface area contributed by atoms with Crippen LogP contribution in [0.25, 0.3) is 0 Å². The van der Waals surface area contributed by atoms with Crippen molar-refractivity contribution in [3.8, 4) is 5.75 Å². The quantitative estimate of drug-likeness (QED) is 0.792. The molecule has 2 amide bonds. The van der Waals surface area contributed by atoms with Crippen LogP contribution in [0.2, 0.25) is 0 Å². The van der Waals surface area contributed by atoms with Crippen LogP contribution in [0.1, 0.15) is 38.2 Å². The van der Waals surface area contributed by atoms with Crippen molar-refractivity contribution < 1.29 is 14.3 Å². The molecule has 1 atom stereocenters. The first-order valence-corrected chi connectivity index (χ1v) is 8.97. The smallest absolute Gasteiger partial charge is 0.317 e. The number of hydrogen-bond donors (Lipinski definition) is 1. The highest BCUT2D eigenvalue weighted by atomic mass is 16.5. The van der Waals surface area contributed by atoms with E-state index in [4.69, 9.17) is 9.47 Å². The van der Waals surface area contributed by atoms with Gasteiger partial charge >= 0.3 is 6.03 Å². The van der Waals surface area contributed by atoms with E-state index >= 15 is 0 Å². The van der Waals surface area contributed by atoms with E-state index in [9.17, 15) is 4.79 Å². The number of rotatable bonds is 8. The molecule has 0 bridgehead atoms. The average Bonchev–Trinajstić information content (AvgIpc) is 2.62. The van der Waals surface area contributed by atoms with Crippen LogP contribution in [0, 0.1) is 5.92 Å². The first-order chi connectivity index (χ1) is 11.7. The third-order valence-corrected chi connectivity index (χ3v) is 4.42. The van der Waals surface area contributed by atoms with Crippen molar-refractivity contribution >= 4 is 6.03 Å². The maximum Gasteiger partial charge on any atom is 0.317 e. The summed E-state index contributed by atoms with van der Waals surface area (Å²) in [5.41, 5.74) is 1.03. The van der Waals surface area contributed by atoms with E-state index in [0.29, 0.717) is 19.0 Å². The molecule has 2 rings (SSSR count). The molecule has 0 aromatic heterocycles. The zero-order valence-corrected chi connectivity index (χ0v) is 14.9. The number of hydrogen-bond acceptors (Lipinski definition) is 3. The predicted octanol–water partition coefficient (Wildman–Crippen LogP) is 3.43. The van der Waals surface area contributed by atoms with Crippen LogP contribution in [-0.2, 0) is 11.3 Å². The Labute approximate surface area is 145 Å². The molecule has 1 aliphatic heterocycles. The molecule has 5 heteroatoms. The maximum atomic E-state index is 12.5. The van der Waals surface area contributed by atoms with Crippen LogP contribution in [0.3, 0.4) is 0 Å². The van der Waals surface area contributed by atoms with Gasteiger partial charge in [0, 0.05) is 31.9 Å². The predicted molar refractivity (Wildman–Crippen MR) is 95.3 cm³/mol. The van der Waals surface area contributed by atoms with Gasteiger partial charge in [-0.3, -0.25) is 0 Å². The Morgan fingerprint density at radius 3 is 2.96 bits per heavy atom. The van der Waals surface area contributed by atoms with Gasteiger partial charge in [0.25, 0.3) is 0 Å². The first-order valence-electron chi connectivity index (χ1n) is 8.97. The lowest BCUT2D eigenvalue weighted by atomic mass is 9.99. The lowest BCUT2D eigenvalue weighted by molar-refractivity contribution is 0.0518. The van der Waals surface area contributed by atoms with Crippen LogP contribution in [0.4, 0.5) is 4.79 Å². The molecule has 1 N–H and O–H groups in total. The number of amides is 2. The van der Waals surface area contributed by atoms with Crippen molar-refractivity contribution in [2.24, 2.45) is 5.92 Å². The van der Waals surface area contributed by atoms with E-state index in [1.807, 2.05) is 29.2 Å². The molecule has 0 radical (unpaired) electrons. The average molecular weight is 334 g/mol. The number of carbonyl (C=O) groups is 1. The number of benzene rings is 1. The van der Waals surface area contributed by atoms with Crippen molar-refractivity contribution in [2.45, 2.75) is 39.2 Å². The normalized spacial score (nSPS) is 17.3. The molecule has 5 nitrogen and oxygen atoms in total. The molecule has 1 aromatic carbocycles. The number of nitrogens with one attached hydrogen (secondary N) is 1. The van der Waals surface area contributed by atoms with Crippen LogP contribution >= 0.6 is 0 Å². The Hall–Kier alpha value is -1.75. The molecule has 1 fully saturated rings. The minimum Gasteiger partial charge on any atom is -0.496 e. The molecule has 0 unspecified atom stereocenters. The van der Waals surface area contributed by atoms with E-state index in [1.165, 1.54) is 6.42 Å². The van der Waals surface area contributed by atoms with Gasteiger partial charge in [-0.05, 0) is 37.7 Å². The fourth-order valence-corrected chi connectivity index (χ4v) is 3.09. The monoisotopic (exact) mass is 334 g/mol. The van der Waals surface area contributed by atoms with Gasteiger partial charge in [0.1, 0.15) is 5.75 Å². The lowest BCUT2D eigenvalue weighted by Gasteiger charge is -2.25. The van der Waals surface area contributed by atoms with E-state index < -0.39 is 0 Å². The third-order valence-electron chi connectivity index (χ3n) is 4.42. The summed E-state index contributed by atoms with van der Waals surface area (Å²) < 4.78 is 10.9. The fourth-order valence-electron chi connectivity index (χ4n) is 3.09. The SMILES string of the molecule is CCCN(Cc1ccccc1OC)C(=O)NCC[C@H]1CCCOC1. The molecule has 0 saturated carbocycles. The van der Waals surface area contributed by atoms with Crippen LogP contribution < -0.4 is 10.1 Å². The van der Waals surface area contributed by atoms with Crippen LogP contribution in [0.15, 0.2) is 24.3 Å². The van der Waals surface area contributed by atoms with Gasteiger partial charge in [-0.15, -0.1) is 0 Å². The van der Waals surface area contributed by atoms with Gasteiger partial charge < -0.3 is 19.7 Å². The Balaban J connectivity index is 1.85. The molecule has 1 aromatic rings.